The molecule has 2 aromatic carbocycles. The molecule has 0 saturated heterocycles. The molecule has 23 heavy (non-hydrogen) atoms. The Balaban J connectivity index is 1.92. The summed E-state index contributed by atoms with van der Waals surface area (Å²) in [7, 11) is 0. The summed E-state index contributed by atoms with van der Waals surface area (Å²) < 4.78 is 5.70. The van der Waals surface area contributed by atoms with Gasteiger partial charge in [-0.3, -0.25) is 4.79 Å². The fourth-order valence-electron chi connectivity index (χ4n) is 2.24. The van der Waals surface area contributed by atoms with Gasteiger partial charge in [0.05, 0.1) is 0 Å². The summed E-state index contributed by atoms with van der Waals surface area (Å²) in [6.07, 6.45) is 0. The zero-order chi connectivity index (χ0) is 16.9. The highest BCUT2D eigenvalue weighted by Crippen LogP contribution is 2.30. The minimum absolute atomic E-state index is 0.0163. The van der Waals surface area contributed by atoms with Crippen LogP contribution >= 0.6 is 11.6 Å². The summed E-state index contributed by atoms with van der Waals surface area (Å²) in [4.78, 5) is 12.0. The molecule has 0 fully saturated rings. The lowest BCUT2D eigenvalue weighted by Gasteiger charge is -2.22. The Kier molecular flexibility index (Phi) is 5.67. The highest BCUT2D eigenvalue weighted by Gasteiger charge is 2.18. The topological polar surface area (TPSA) is 38.3 Å². The number of benzene rings is 2. The van der Waals surface area contributed by atoms with Crippen LogP contribution in [0.15, 0.2) is 48.5 Å². The number of carbonyl (C=O) groups excluding carboxylic acids is 1. The number of amides is 1. The van der Waals surface area contributed by atoms with Crippen molar-refractivity contribution >= 4 is 17.5 Å². The molecule has 0 aliphatic heterocycles. The fourth-order valence-corrected chi connectivity index (χ4v) is 2.44. The van der Waals surface area contributed by atoms with Gasteiger partial charge in [0.15, 0.2) is 6.61 Å². The number of halogens is 1. The molecule has 2 rings (SSSR count). The lowest BCUT2D eigenvalue weighted by atomic mass is 9.86. The molecule has 0 saturated carbocycles. The van der Waals surface area contributed by atoms with Crippen molar-refractivity contribution in [1.29, 1.82) is 0 Å². The molecule has 0 bridgehead atoms. The number of rotatable bonds is 5. The first-order chi connectivity index (χ1) is 10.9. The highest BCUT2D eigenvalue weighted by atomic mass is 35.5. The van der Waals surface area contributed by atoms with Crippen LogP contribution in [0.5, 0.6) is 5.75 Å². The monoisotopic (exact) mass is 331 g/mol. The van der Waals surface area contributed by atoms with Crippen molar-refractivity contribution in [2.45, 2.75) is 32.7 Å². The first-order valence-electron chi connectivity index (χ1n) is 7.60. The summed E-state index contributed by atoms with van der Waals surface area (Å²) in [5.41, 5.74) is 1.93. The summed E-state index contributed by atoms with van der Waals surface area (Å²) in [6, 6.07) is 15.2. The molecule has 1 N–H and O–H groups in total. The van der Waals surface area contributed by atoms with E-state index in [9.17, 15) is 4.79 Å². The van der Waals surface area contributed by atoms with Crippen molar-refractivity contribution in [2.24, 2.45) is 0 Å². The zero-order valence-electron chi connectivity index (χ0n) is 13.7. The van der Waals surface area contributed by atoms with Gasteiger partial charge in [0, 0.05) is 11.6 Å². The van der Waals surface area contributed by atoms with Gasteiger partial charge in [-0.05, 0) is 28.7 Å². The molecule has 0 aliphatic rings. The minimum atomic E-state index is -0.173. The van der Waals surface area contributed by atoms with Gasteiger partial charge < -0.3 is 10.1 Å². The third-order valence-electron chi connectivity index (χ3n) is 3.49. The van der Waals surface area contributed by atoms with Crippen molar-refractivity contribution in [3.8, 4) is 5.75 Å². The SMILES string of the molecule is CC(C)(C)c1ccccc1OCC(=O)NCc1ccccc1Cl. The average molecular weight is 332 g/mol. The van der Waals surface area contributed by atoms with Crippen LogP contribution in [0.1, 0.15) is 31.9 Å². The average Bonchev–Trinajstić information content (AvgIpc) is 2.51. The van der Waals surface area contributed by atoms with Crippen LogP contribution in [-0.2, 0) is 16.8 Å². The van der Waals surface area contributed by atoms with Crippen LogP contribution in [0.25, 0.3) is 0 Å². The summed E-state index contributed by atoms with van der Waals surface area (Å²) in [5.74, 6) is 0.571. The van der Waals surface area contributed by atoms with Crippen molar-refractivity contribution in [1.82, 2.24) is 5.32 Å². The lowest BCUT2D eigenvalue weighted by Crippen LogP contribution is -2.29. The van der Waals surface area contributed by atoms with Gasteiger partial charge in [-0.25, -0.2) is 0 Å². The van der Waals surface area contributed by atoms with Crippen LogP contribution in [0.3, 0.4) is 0 Å². The number of hydrogen-bond acceptors (Lipinski definition) is 2. The maximum absolute atomic E-state index is 12.0. The van der Waals surface area contributed by atoms with E-state index < -0.39 is 0 Å². The maximum Gasteiger partial charge on any atom is 0.258 e. The van der Waals surface area contributed by atoms with Crippen LogP contribution in [-0.4, -0.2) is 12.5 Å². The van der Waals surface area contributed by atoms with Crippen LogP contribution in [0, 0.1) is 0 Å². The van der Waals surface area contributed by atoms with Gasteiger partial charge in [-0.15, -0.1) is 0 Å². The standard InChI is InChI=1S/C19H22ClNO2/c1-19(2,3)15-9-5-7-11-17(15)23-13-18(22)21-12-14-8-4-6-10-16(14)20/h4-11H,12-13H2,1-3H3,(H,21,22). The smallest absolute Gasteiger partial charge is 0.258 e. The number of nitrogens with one attached hydrogen (secondary N) is 1. The Morgan fingerprint density at radius 1 is 1.09 bits per heavy atom. The Hall–Kier alpha value is -2.00. The number of carbonyl (C=O) groups is 1. The quantitative estimate of drug-likeness (QED) is 0.885. The Labute approximate surface area is 142 Å². The molecule has 3 nitrogen and oxygen atoms in total. The van der Waals surface area contributed by atoms with Gasteiger partial charge in [0.1, 0.15) is 5.75 Å². The van der Waals surface area contributed by atoms with E-state index in [-0.39, 0.29) is 17.9 Å². The Morgan fingerprint density at radius 3 is 2.43 bits per heavy atom. The second-order valence-electron chi connectivity index (χ2n) is 6.40. The van der Waals surface area contributed by atoms with Crippen molar-refractivity contribution < 1.29 is 9.53 Å². The van der Waals surface area contributed by atoms with E-state index in [1.54, 1.807) is 6.07 Å². The molecule has 122 valence electrons. The number of ether oxygens (including phenoxy) is 1. The molecular weight excluding hydrogens is 310 g/mol. The van der Waals surface area contributed by atoms with E-state index in [4.69, 9.17) is 16.3 Å². The van der Waals surface area contributed by atoms with Crippen LogP contribution in [0.4, 0.5) is 0 Å². The zero-order valence-corrected chi connectivity index (χ0v) is 14.5. The second-order valence-corrected chi connectivity index (χ2v) is 6.81. The maximum atomic E-state index is 12.0. The van der Waals surface area contributed by atoms with Crippen molar-refractivity contribution in [3.63, 3.8) is 0 Å². The largest absolute Gasteiger partial charge is 0.483 e. The molecule has 4 heteroatoms. The minimum Gasteiger partial charge on any atom is -0.483 e. The lowest BCUT2D eigenvalue weighted by molar-refractivity contribution is -0.123. The molecule has 0 unspecified atom stereocenters. The second kappa shape index (κ2) is 7.51. The number of para-hydroxylation sites is 1. The highest BCUT2D eigenvalue weighted by molar-refractivity contribution is 6.31. The van der Waals surface area contributed by atoms with E-state index in [0.29, 0.717) is 11.6 Å². The van der Waals surface area contributed by atoms with E-state index in [2.05, 4.69) is 26.1 Å². The van der Waals surface area contributed by atoms with Crippen molar-refractivity contribution in [2.75, 3.05) is 6.61 Å². The van der Waals surface area contributed by atoms with E-state index in [1.165, 1.54) is 0 Å². The molecule has 0 radical (unpaired) electrons. The summed E-state index contributed by atoms with van der Waals surface area (Å²) in [6.45, 7) is 6.73. The summed E-state index contributed by atoms with van der Waals surface area (Å²) >= 11 is 6.07. The van der Waals surface area contributed by atoms with E-state index in [0.717, 1.165) is 16.9 Å². The first kappa shape index (κ1) is 17.4. The molecule has 0 aromatic heterocycles. The normalized spacial score (nSPS) is 11.1. The third kappa shape index (κ3) is 5.00. The molecule has 0 atom stereocenters. The molecular formula is C19H22ClNO2. The van der Waals surface area contributed by atoms with Gasteiger partial charge in [-0.1, -0.05) is 68.8 Å². The summed E-state index contributed by atoms with van der Waals surface area (Å²) in [5, 5.41) is 3.47. The van der Waals surface area contributed by atoms with E-state index >= 15 is 0 Å². The molecule has 0 spiro atoms. The first-order valence-corrected chi connectivity index (χ1v) is 7.98. The molecule has 0 heterocycles. The Bertz CT molecular complexity index is 677. The third-order valence-corrected chi connectivity index (χ3v) is 3.86. The molecule has 0 aliphatic carbocycles. The predicted molar refractivity (Wildman–Crippen MR) is 93.9 cm³/mol. The van der Waals surface area contributed by atoms with E-state index in [1.807, 2.05) is 42.5 Å². The van der Waals surface area contributed by atoms with Gasteiger partial charge in [0.2, 0.25) is 0 Å². The van der Waals surface area contributed by atoms with Crippen molar-refractivity contribution in [3.05, 3.63) is 64.7 Å². The Morgan fingerprint density at radius 2 is 1.74 bits per heavy atom. The fraction of sp³-hybridized carbons (Fsp3) is 0.316. The van der Waals surface area contributed by atoms with Gasteiger partial charge in [0.25, 0.3) is 5.91 Å². The molecule has 1 amide bonds. The van der Waals surface area contributed by atoms with Crippen LogP contribution in [0.2, 0.25) is 5.02 Å². The predicted octanol–water partition coefficient (Wildman–Crippen LogP) is 4.33. The number of hydrogen-bond donors (Lipinski definition) is 1. The van der Waals surface area contributed by atoms with Crippen LogP contribution < -0.4 is 10.1 Å². The molecule has 2 aromatic rings. The van der Waals surface area contributed by atoms with Gasteiger partial charge in [-0.2, -0.15) is 0 Å². The van der Waals surface area contributed by atoms with Gasteiger partial charge >= 0.3 is 0 Å².